The molecule has 18 heavy (non-hydrogen) atoms. The maximum Gasteiger partial charge on any atom is 0.224 e. The summed E-state index contributed by atoms with van der Waals surface area (Å²) in [6, 6.07) is 5.80. The standard InChI is InChI=1S/C14H21N3O/c1-3-6-17-13(18)8-12(16)14(17)10-5-4-9(2)11(15)7-10/h4-5,7,12,14H,3,6,8,15-16H2,1-2H3/t12-,14+/m0/s1. The van der Waals surface area contributed by atoms with Gasteiger partial charge in [0.15, 0.2) is 0 Å². The van der Waals surface area contributed by atoms with E-state index in [1.165, 1.54) is 0 Å². The van der Waals surface area contributed by atoms with Crippen molar-refractivity contribution >= 4 is 11.6 Å². The number of nitrogen functional groups attached to an aromatic ring is 1. The van der Waals surface area contributed by atoms with Crippen molar-refractivity contribution < 1.29 is 4.79 Å². The highest BCUT2D eigenvalue weighted by Crippen LogP contribution is 2.33. The van der Waals surface area contributed by atoms with E-state index in [9.17, 15) is 4.79 Å². The molecule has 1 saturated heterocycles. The molecule has 98 valence electrons. The van der Waals surface area contributed by atoms with Crippen LogP contribution >= 0.6 is 0 Å². The lowest BCUT2D eigenvalue weighted by Gasteiger charge is -2.27. The van der Waals surface area contributed by atoms with Gasteiger partial charge in [0.25, 0.3) is 0 Å². The number of amides is 1. The highest BCUT2D eigenvalue weighted by Gasteiger charge is 2.37. The number of carbonyl (C=O) groups is 1. The SMILES string of the molecule is CCCN1C(=O)C[C@H](N)[C@H]1c1ccc(C)c(N)c1. The minimum Gasteiger partial charge on any atom is -0.399 e. The summed E-state index contributed by atoms with van der Waals surface area (Å²) in [5.41, 5.74) is 14.9. The predicted octanol–water partition coefficient (Wildman–Crippen LogP) is 1.59. The molecule has 2 rings (SSSR count). The molecule has 1 aliphatic rings. The van der Waals surface area contributed by atoms with Crippen molar-refractivity contribution in [1.82, 2.24) is 4.90 Å². The van der Waals surface area contributed by atoms with Gasteiger partial charge in [0, 0.05) is 24.7 Å². The van der Waals surface area contributed by atoms with Crippen LogP contribution in [0.3, 0.4) is 0 Å². The second-order valence-corrected chi connectivity index (χ2v) is 5.02. The lowest BCUT2D eigenvalue weighted by atomic mass is 9.98. The summed E-state index contributed by atoms with van der Waals surface area (Å²) in [7, 11) is 0. The molecule has 1 fully saturated rings. The van der Waals surface area contributed by atoms with Crippen molar-refractivity contribution in [1.29, 1.82) is 0 Å². The molecule has 0 radical (unpaired) electrons. The molecule has 0 unspecified atom stereocenters. The first-order valence-electron chi connectivity index (χ1n) is 6.45. The molecule has 1 aliphatic heterocycles. The Morgan fingerprint density at radius 2 is 2.17 bits per heavy atom. The van der Waals surface area contributed by atoms with Crippen LogP contribution in [0.2, 0.25) is 0 Å². The number of hydrogen-bond donors (Lipinski definition) is 2. The fraction of sp³-hybridized carbons (Fsp3) is 0.500. The minimum absolute atomic E-state index is 0.0275. The molecule has 0 aliphatic carbocycles. The lowest BCUT2D eigenvalue weighted by molar-refractivity contribution is -0.129. The number of nitrogens with zero attached hydrogens (tertiary/aromatic N) is 1. The van der Waals surface area contributed by atoms with E-state index in [4.69, 9.17) is 11.5 Å². The third-order valence-electron chi connectivity index (χ3n) is 3.58. The van der Waals surface area contributed by atoms with E-state index < -0.39 is 0 Å². The molecular weight excluding hydrogens is 226 g/mol. The van der Waals surface area contributed by atoms with E-state index in [1.54, 1.807) is 0 Å². The molecule has 0 spiro atoms. The average Bonchev–Trinajstić information content (AvgIpc) is 2.59. The van der Waals surface area contributed by atoms with Gasteiger partial charge in [0.1, 0.15) is 0 Å². The number of aryl methyl sites for hydroxylation is 1. The van der Waals surface area contributed by atoms with Crippen molar-refractivity contribution in [2.75, 3.05) is 12.3 Å². The lowest BCUT2D eigenvalue weighted by Crippen LogP contribution is -2.33. The van der Waals surface area contributed by atoms with Crippen LogP contribution in [0.15, 0.2) is 18.2 Å². The second-order valence-electron chi connectivity index (χ2n) is 5.02. The Morgan fingerprint density at radius 3 is 2.78 bits per heavy atom. The summed E-state index contributed by atoms with van der Waals surface area (Å²) in [5.74, 6) is 0.147. The van der Waals surface area contributed by atoms with Crippen molar-refractivity contribution in [3.63, 3.8) is 0 Å². The molecule has 1 heterocycles. The van der Waals surface area contributed by atoms with Gasteiger partial charge < -0.3 is 16.4 Å². The first kappa shape index (κ1) is 12.9. The number of benzene rings is 1. The molecular formula is C14H21N3O. The maximum atomic E-state index is 11.9. The van der Waals surface area contributed by atoms with Crippen molar-refractivity contribution in [3.05, 3.63) is 29.3 Å². The van der Waals surface area contributed by atoms with Gasteiger partial charge in [-0.25, -0.2) is 0 Å². The van der Waals surface area contributed by atoms with Crippen LogP contribution in [0.4, 0.5) is 5.69 Å². The van der Waals surface area contributed by atoms with Gasteiger partial charge in [-0.1, -0.05) is 19.1 Å². The van der Waals surface area contributed by atoms with Crippen LogP contribution in [0.25, 0.3) is 0 Å². The number of anilines is 1. The van der Waals surface area contributed by atoms with Gasteiger partial charge in [-0.3, -0.25) is 4.79 Å². The Hall–Kier alpha value is -1.55. The molecule has 0 aromatic heterocycles. The molecule has 4 nitrogen and oxygen atoms in total. The van der Waals surface area contributed by atoms with Crippen LogP contribution < -0.4 is 11.5 Å². The Morgan fingerprint density at radius 1 is 1.44 bits per heavy atom. The fourth-order valence-electron chi connectivity index (χ4n) is 2.59. The summed E-state index contributed by atoms with van der Waals surface area (Å²) < 4.78 is 0. The first-order chi connectivity index (χ1) is 8.54. The first-order valence-corrected chi connectivity index (χ1v) is 6.45. The van der Waals surface area contributed by atoms with Crippen molar-refractivity contribution in [2.45, 2.75) is 38.8 Å². The van der Waals surface area contributed by atoms with Crippen LogP contribution in [0.1, 0.15) is 36.9 Å². The Bertz CT molecular complexity index is 458. The monoisotopic (exact) mass is 247 g/mol. The number of hydrogen-bond acceptors (Lipinski definition) is 3. The number of nitrogens with two attached hydrogens (primary N) is 2. The van der Waals surface area contributed by atoms with Gasteiger partial charge in [0.05, 0.1) is 6.04 Å². The predicted molar refractivity (Wildman–Crippen MR) is 72.9 cm³/mol. The Labute approximate surface area is 108 Å². The molecule has 0 bridgehead atoms. The molecule has 1 aromatic carbocycles. The summed E-state index contributed by atoms with van der Waals surface area (Å²) in [5, 5.41) is 0. The topological polar surface area (TPSA) is 72.3 Å². The van der Waals surface area contributed by atoms with Crippen LogP contribution in [0, 0.1) is 6.92 Å². The van der Waals surface area contributed by atoms with E-state index in [0.29, 0.717) is 6.42 Å². The Kier molecular flexibility index (Phi) is 3.57. The van der Waals surface area contributed by atoms with Crippen molar-refractivity contribution in [3.8, 4) is 0 Å². The normalized spacial score (nSPS) is 23.7. The van der Waals surface area contributed by atoms with Gasteiger partial charge in [-0.05, 0) is 30.5 Å². The highest BCUT2D eigenvalue weighted by molar-refractivity contribution is 5.80. The van der Waals surface area contributed by atoms with E-state index in [0.717, 1.165) is 29.8 Å². The quantitative estimate of drug-likeness (QED) is 0.797. The zero-order chi connectivity index (χ0) is 13.3. The van der Waals surface area contributed by atoms with Gasteiger partial charge in [0.2, 0.25) is 5.91 Å². The zero-order valence-corrected chi connectivity index (χ0v) is 11.0. The minimum atomic E-state index is -0.133. The number of rotatable bonds is 3. The van der Waals surface area contributed by atoms with E-state index in [-0.39, 0.29) is 18.0 Å². The third-order valence-corrected chi connectivity index (χ3v) is 3.58. The molecule has 1 amide bonds. The summed E-state index contributed by atoms with van der Waals surface area (Å²) >= 11 is 0. The number of likely N-dealkylation sites (tertiary alicyclic amines) is 1. The van der Waals surface area contributed by atoms with E-state index in [2.05, 4.69) is 6.92 Å². The smallest absolute Gasteiger partial charge is 0.224 e. The largest absolute Gasteiger partial charge is 0.399 e. The summed E-state index contributed by atoms with van der Waals surface area (Å²) in [6.45, 7) is 4.80. The van der Waals surface area contributed by atoms with E-state index in [1.807, 2.05) is 30.0 Å². The fourth-order valence-corrected chi connectivity index (χ4v) is 2.59. The molecule has 0 saturated carbocycles. The molecule has 4 heteroatoms. The second kappa shape index (κ2) is 4.98. The van der Waals surface area contributed by atoms with Crippen LogP contribution in [-0.4, -0.2) is 23.4 Å². The van der Waals surface area contributed by atoms with Gasteiger partial charge in [-0.15, -0.1) is 0 Å². The van der Waals surface area contributed by atoms with Crippen LogP contribution in [-0.2, 0) is 4.79 Å². The summed E-state index contributed by atoms with van der Waals surface area (Å²) in [4.78, 5) is 13.8. The maximum absolute atomic E-state index is 11.9. The van der Waals surface area contributed by atoms with Gasteiger partial charge >= 0.3 is 0 Å². The van der Waals surface area contributed by atoms with Gasteiger partial charge in [-0.2, -0.15) is 0 Å². The highest BCUT2D eigenvalue weighted by atomic mass is 16.2. The number of carbonyl (C=O) groups excluding carboxylic acids is 1. The zero-order valence-electron chi connectivity index (χ0n) is 11.0. The van der Waals surface area contributed by atoms with Crippen molar-refractivity contribution in [2.24, 2.45) is 5.73 Å². The Balaban J connectivity index is 2.34. The van der Waals surface area contributed by atoms with Crippen LogP contribution in [0.5, 0.6) is 0 Å². The third kappa shape index (κ3) is 2.20. The average molecular weight is 247 g/mol. The molecule has 4 N–H and O–H groups in total. The van der Waals surface area contributed by atoms with E-state index >= 15 is 0 Å². The molecule has 1 aromatic rings. The molecule has 2 atom stereocenters. The summed E-state index contributed by atoms with van der Waals surface area (Å²) in [6.07, 6.45) is 1.37.